The van der Waals surface area contributed by atoms with Crippen molar-refractivity contribution in [3.63, 3.8) is 0 Å². The zero-order valence-electron chi connectivity index (χ0n) is 10.3. The minimum atomic E-state index is 0.608. The second kappa shape index (κ2) is 4.53. The summed E-state index contributed by atoms with van der Waals surface area (Å²) in [5.41, 5.74) is 2.25. The maximum atomic E-state index is 5.53. The summed E-state index contributed by atoms with van der Waals surface area (Å²) in [6, 6.07) is 8.83. The van der Waals surface area contributed by atoms with Gasteiger partial charge in [-0.05, 0) is 25.3 Å². The highest BCUT2D eigenvalue weighted by molar-refractivity contribution is 5.80. The van der Waals surface area contributed by atoms with Crippen molar-refractivity contribution in [3.05, 3.63) is 36.1 Å². The van der Waals surface area contributed by atoms with Crippen LogP contribution in [0.1, 0.15) is 31.7 Å². The maximum absolute atomic E-state index is 5.53. The Balaban J connectivity index is 1.63. The van der Waals surface area contributed by atoms with Crippen molar-refractivity contribution < 1.29 is 4.42 Å². The van der Waals surface area contributed by atoms with Crippen LogP contribution in [0.25, 0.3) is 11.0 Å². The van der Waals surface area contributed by atoms with Gasteiger partial charge in [0, 0.05) is 23.5 Å². The zero-order chi connectivity index (χ0) is 11.7. The molecule has 0 saturated heterocycles. The lowest BCUT2D eigenvalue weighted by Crippen LogP contribution is -2.25. The molecular formula is C15H19NO. The second-order valence-corrected chi connectivity index (χ2v) is 5.22. The van der Waals surface area contributed by atoms with Gasteiger partial charge in [-0.3, -0.25) is 0 Å². The minimum absolute atomic E-state index is 0.608. The molecule has 1 saturated carbocycles. The first-order chi connectivity index (χ1) is 8.33. The molecule has 0 spiro atoms. The van der Waals surface area contributed by atoms with Crippen molar-refractivity contribution in [1.29, 1.82) is 0 Å². The molecule has 2 nitrogen and oxygen atoms in total. The molecule has 1 unspecified atom stereocenters. The largest absolute Gasteiger partial charge is 0.464 e. The van der Waals surface area contributed by atoms with E-state index >= 15 is 0 Å². The van der Waals surface area contributed by atoms with Gasteiger partial charge in [0.15, 0.2) is 0 Å². The molecule has 1 aliphatic rings. The Kier molecular flexibility index (Phi) is 2.89. The lowest BCUT2D eigenvalue weighted by molar-refractivity contribution is 0.485. The van der Waals surface area contributed by atoms with Crippen molar-refractivity contribution in [2.45, 2.75) is 38.8 Å². The van der Waals surface area contributed by atoms with Gasteiger partial charge in [0.05, 0.1) is 6.26 Å². The maximum Gasteiger partial charge on any atom is 0.134 e. The molecule has 1 N–H and O–H groups in total. The van der Waals surface area contributed by atoms with Crippen molar-refractivity contribution in [3.8, 4) is 0 Å². The molecule has 2 heteroatoms. The van der Waals surface area contributed by atoms with Gasteiger partial charge >= 0.3 is 0 Å². The van der Waals surface area contributed by atoms with Crippen LogP contribution in [0.15, 0.2) is 34.9 Å². The Labute approximate surface area is 102 Å². The molecule has 1 aliphatic carbocycles. The Morgan fingerprint density at radius 1 is 1.35 bits per heavy atom. The molecule has 1 heterocycles. The van der Waals surface area contributed by atoms with E-state index in [1.165, 1.54) is 30.2 Å². The van der Waals surface area contributed by atoms with Gasteiger partial charge in [-0.1, -0.05) is 31.0 Å². The zero-order valence-corrected chi connectivity index (χ0v) is 10.3. The van der Waals surface area contributed by atoms with Crippen LogP contribution in [-0.2, 0) is 6.54 Å². The van der Waals surface area contributed by atoms with E-state index in [1.54, 1.807) is 0 Å². The van der Waals surface area contributed by atoms with Crippen LogP contribution in [-0.4, -0.2) is 6.04 Å². The Hall–Kier alpha value is -1.28. The van der Waals surface area contributed by atoms with E-state index in [-0.39, 0.29) is 0 Å². The molecular weight excluding hydrogens is 210 g/mol. The fourth-order valence-electron chi connectivity index (χ4n) is 2.39. The number of fused-ring (bicyclic) bond motifs is 1. The van der Waals surface area contributed by atoms with Gasteiger partial charge in [-0.2, -0.15) is 0 Å². The quantitative estimate of drug-likeness (QED) is 0.845. The van der Waals surface area contributed by atoms with Gasteiger partial charge in [0.1, 0.15) is 5.58 Å². The fraction of sp³-hybridized carbons (Fsp3) is 0.467. The molecule has 2 aromatic rings. The van der Waals surface area contributed by atoms with E-state index in [9.17, 15) is 0 Å². The van der Waals surface area contributed by atoms with Crippen LogP contribution in [0.4, 0.5) is 0 Å². The van der Waals surface area contributed by atoms with Crippen molar-refractivity contribution >= 4 is 11.0 Å². The fourth-order valence-corrected chi connectivity index (χ4v) is 2.39. The summed E-state index contributed by atoms with van der Waals surface area (Å²) in [5.74, 6) is 0.985. The van der Waals surface area contributed by atoms with E-state index in [0.29, 0.717) is 6.04 Å². The molecule has 1 atom stereocenters. The van der Waals surface area contributed by atoms with Gasteiger partial charge < -0.3 is 9.73 Å². The Morgan fingerprint density at radius 2 is 2.18 bits per heavy atom. The number of hydrogen-bond donors (Lipinski definition) is 1. The van der Waals surface area contributed by atoms with Crippen molar-refractivity contribution in [1.82, 2.24) is 5.32 Å². The van der Waals surface area contributed by atoms with Gasteiger partial charge in [-0.15, -0.1) is 0 Å². The summed E-state index contributed by atoms with van der Waals surface area (Å²) in [6.45, 7) is 3.19. The minimum Gasteiger partial charge on any atom is -0.464 e. The lowest BCUT2D eigenvalue weighted by atomic mass is 10.1. The van der Waals surface area contributed by atoms with E-state index < -0.39 is 0 Å². The molecule has 17 heavy (non-hydrogen) atoms. The van der Waals surface area contributed by atoms with Gasteiger partial charge in [0.2, 0.25) is 0 Å². The van der Waals surface area contributed by atoms with Crippen molar-refractivity contribution in [2.24, 2.45) is 5.92 Å². The van der Waals surface area contributed by atoms with Gasteiger partial charge in [-0.25, -0.2) is 0 Å². The molecule has 90 valence electrons. The normalized spacial score (nSPS) is 17.5. The Morgan fingerprint density at radius 3 is 3.00 bits per heavy atom. The molecule has 1 fully saturated rings. The van der Waals surface area contributed by atoms with Crippen molar-refractivity contribution in [2.75, 3.05) is 0 Å². The highest BCUT2D eigenvalue weighted by atomic mass is 16.3. The topological polar surface area (TPSA) is 25.2 Å². The lowest BCUT2D eigenvalue weighted by Gasteiger charge is -2.12. The van der Waals surface area contributed by atoms with Crippen LogP contribution in [0.2, 0.25) is 0 Å². The monoisotopic (exact) mass is 229 g/mol. The molecule has 3 rings (SSSR count). The first-order valence-corrected chi connectivity index (χ1v) is 6.51. The Bertz CT molecular complexity index is 498. The van der Waals surface area contributed by atoms with E-state index in [1.807, 2.05) is 18.4 Å². The summed E-state index contributed by atoms with van der Waals surface area (Å²) < 4.78 is 5.53. The highest BCUT2D eigenvalue weighted by Crippen LogP contribution is 2.33. The standard InChI is InChI=1S/C15H19NO/c1-11(8-12-6-7-12)16-9-13-10-17-15-5-3-2-4-14(13)15/h2-5,10-12,16H,6-9H2,1H3. The van der Waals surface area contributed by atoms with E-state index in [2.05, 4.69) is 24.4 Å². The van der Waals surface area contributed by atoms with Crippen LogP contribution in [0.5, 0.6) is 0 Å². The third kappa shape index (κ3) is 2.52. The number of benzene rings is 1. The third-order valence-corrected chi connectivity index (χ3v) is 3.59. The number of furan rings is 1. The van der Waals surface area contributed by atoms with Gasteiger partial charge in [0.25, 0.3) is 0 Å². The number of para-hydroxylation sites is 1. The van der Waals surface area contributed by atoms with Crippen LogP contribution >= 0.6 is 0 Å². The number of hydrogen-bond acceptors (Lipinski definition) is 2. The average Bonchev–Trinajstić information content (AvgIpc) is 3.06. The predicted octanol–water partition coefficient (Wildman–Crippen LogP) is 3.71. The van der Waals surface area contributed by atoms with Crippen LogP contribution in [0.3, 0.4) is 0 Å². The molecule has 0 amide bonds. The first-order valence-electron chi connectivity index (χ1n) is 6.51. The molecule has 0 aliphatic heterocycles. The van der Waals surface area contributed by atoms with E-state index in [0.717, 1.165) is 18.0 Å². The van der Waals surface area contributed by atoms with Crippen LogP contribution in [0, 0.1) is 5.92 Å². The SMILES string of the molecule is CC(CC1CC1)NCc1coc2ccccc12. The predicted molar refractivity (Wildman–Crippen MR) is 69.9 cm³/mol. The molecule has 0 radical (unpaired) electrons. The molecule has 1 aromatic carbocycles. The smallest absolute Gasteiger partial charge is 0.134 e. The molecule has 0 bridgehead atoms. The van der Waals surface area contributed by atoms with Crippen LogP contribution < -0.4 is 5.32 Å². The highest BCUT2D eigenvalue weighted by Gasteiger charge is 2.23. The summed E-state index contributed by atoms with van der Waals surface area (Å²) in [5, 5.41) is 4.82. The summed E-state index contributed by atoms with van der Waals surface area (Å²) in [4.78, 5) is 0. The number of nitrogens with one attached hydrogen (secondary N) is 1. The summed E-state index contributed by atoms with van der Waals surface area (Å²) >= 11 is 0. The second-order valence-electron chi connectivity index (χ2n) is 5.22. The van der Waals surface area contributed by atoms with E-state index in [4.69, 9.17) is 4.42 Å². The molecule has 1 aromatic heterocycles. The first kappa shape index (κ1) is 10.8. The summed E-state index contributed by atoms with van der Waals surface area (Å²) in [6.07, 6.45) is 6.05. The summed E-state index contributed by atoms with van der Waals surface area (Å²) in [7, 11) is 0. The number of rotatable bonds is 5. The third-order valence-electron chi connectivity index (χ3n) is 3.59. The average molecular weight is 229 g/mol.